The van der Waals surface area contributed by atoms with Crippen LogP contribution in [-0.2, 0) is 10.0 Å². The average Bonchev–Trinajstić information content (AvgIpc) is 2.37. The van der Waals surface area contributed by atoms with Crippen LogP contribution in [0.15, 0.2) is 23.1 Å². The van der Waals surface area contributed by atoms with Gasteiger partial charge in [-0.15, -0.1) is 0 Å². The van der Waals surface area contributed by atoms with Gasteiger partial charge in [0, 0.05) is 13.1 Å². The van der Waals surface area contributed by atoms with Crippen LogP contribution in [-0.4, -0.2) is 36.9 Å². The SMILES string of the molecule is CC(CC#N)N(C)S(=O)(=O)c1ccc(C(=O)O)c(Cl)c1. The van der Waals surface area contributed by atoms with E-state index in [4.69, 9.17) is 22.0 Å². The van der Waals surface area contributed by atoms with E-state index in [1.54, 1.807) is 6.92 Å². The van der Waals surface area contributed by atoms with Crippen molar-refractivity contribution in [2.24, 2.45) is 0 Å². The highest BCUT2D eigenvalue weighted by molar-refractivity contribution is 7.89. The van der Waals surface area contributed by atoms with E-state index in [9.17, 15) is 13.2 Å². The Morgan fingerprint density at radius 1 is 1.55 bits per heavy atom. The van der Waals surface area contributed by atoms with Crippen LogP contribution in [0.4, 0.5) is 0 Å². The summed E-state index contributed by atoms with van der Waals surface area (Å²) in [6, 6.07) is 4.81. The van der Waals surface area contributed by atoms with E-state index in [1.165, 1.54) is 13.1 Å². The standard InChI is InChI=1S/C12H13ClN2O4S/c1-8(5-6-14)15(2)20(18,19)9-3-4-10(12(16)17)11(13)7-9/h3-4,7-8H,5H2,1-2H3,(H,16,17). The molecule has 0 bridgehead atoms. The largest absolute Gasteiger partial charge is 0.478 e. The molecule has 0 aliphatic heterocycles. The molecule has 0 radical (unpaired) electrons. The lowest BCUT2D eigenvalue weighted by atomic mass is 10.2. The zero-order chi connectivity index (χ0) is 15.5. The van der Waals surface area contributed by atoms with Crippen molar-refractivity contribution in [2.45, 2.75) is 24.3 Å². The topological polar surface area (TPSA) is 98.5 Å². The Kier molecular flexibility index (Phi) is 5.11. The van der Waals surface area contributed by atoms with Crippen molar-refractivity contribution in [1.29, 1.82) is 5.26 Å². The number of nitriles is 1. The van der Waals surface area contributed by atoms with Gasteiger partial charge in [0.05, 0.1) is 28.0 Å². The lowest BCUT2D eigenvalue weighted by molar-refractivity contribution is 0.0697. The molecule has 108 valence electrons. The van der Waals surface area contributed by atoms with E-state index >= 15 is 0 Å². The van der Waals surface area contributed by atoms with Gasteiger partial charge in [-0.25, -0.2) is 13.2 Å². The van der Waals surface area contributed by atoms with Crippen LogP contribution in [0.5, 0.6) is 0 Å². The number of halogens is 1. The maximum absolute atomic E-state index is 12.3. The minimum Gasteiger partial charge on any atom is -0.478 e. The molecule has 8 heteroatoms. The predicted molar refractivity (Wildman–Crippen MR) is 73.1 cm³/mol. The third kappa shape index (κ3) is 3.28. The van der Waals surface area contributed by atoms with Crippen molar-refractivity contribution in [3.63, 3.8) is 0 Å². The fraction of sp³-hybridized carbons (Fsp3) is 0.333. The maximum atomic E-state index is 12.3. The molecule has 20 heavy (non-hydrogen) atoms. The second-order valence-corrected chi connectivity index (χ2v) is 6.58. The van der Waals surface area contributed by atoms with Crippen LogP contribution in [0.25, 0.3) is 0 Å². The molecule has 0 saturated heterocycles. The Morgan fingerprint density at radius 3 is 2.60 bits per heavy atom. The fourth-order valence-corrected chi connectivity index (χ4v) is 3.21. The average molecular weight is 317 g/mol. The molecule has 0 aliphatic carbocycles. The summed E-state index contributed by atoms with van der Waals surface area (Å²) in [5, 5.41) is 17.3. The third-order valence-corrected chi connectivity index (χ3v) is 5.14. The molecule has 0 amide bonds. The molecular weight excluding hydrogens is 304 g/mol. The number of benzene rings is 1. The number of sulfonamides is 1. The van der Waals surface area contributed by atoms with Gasteiger partial charge in [-0.3, -0.25) is 0 Å². The molecule has 1 atom stereocenters. The maximum Gasteiger partial charge on any atom is 0.337 e. The first-order valence-electron chi connectivity index (χ1n) is 5.59. The predicted octanol–water partition coefficient (Wildman–Crippen LogP) is 1.96. The summed E-state index contributed by atoms with van der Waals surface area (Å²) in [5.74, 6) is -1.23. The van der Waals surface area contributed by atoms with Gasteiger partial charge in [0.15, 0.2) is 0 Å². The number of carbonyl (C=O) groups is 1. The van der Waals surface area contributed by atoms with Crippen molar-refractivity contribution in [3.05, 3.63) is 28.8 Å². The highest BCUT2D eigenvalue weighted by Crippen LogP contribution is 2.24. The smallest absolute Gasteiger partial charge is 0.337 e. The second kappa shape index (κ2) is 6.22. The quantitative estimate of drug-likeness (QED) is 0.895. The van der Waals surface area contributed by atoms with Crippen molar-refractivity contribution in [3.8, 4) is 6.07 Å². The van der Waals surface area contributed by atoms with Crippen LogP contribution < -0.4 is 0 Å². The van der Waals surface area contributed by atoms with E-state index in [0.29, 0.717) is 0 Å². The molecule has 1 N–H and O–H groups in total. The molecular formula is C12H13ClN2O4S. The number of hydrogen-bond donors (Lipinski definition) is 1. The highest BCUT2D eigenvalue weighted by atomic mass is 35.5. The Morgan fingerprint density at radius 2 is 2.15 bits per heavy atom. The zero-order valence-electron chi connectivity index (χ0n) is 10.9. The molecule has 1 rings (SSSR count). The molecule has 0 saturated carbocycles. The monoisotopic (exact) mass is 316 g/mol. The van der Waals surface area contributed by atoms with E-state index in [2.05, 4.69) is 0 Å². The van der Waals surface area contributed by atoms with Crippen LogP contribution in [0.2, 0.25) is 5.02 Å². The van der Waals surface area contributed by atoms with Gasteiger partial charge in [-0.05, 0) is 25.1 Å². The van der Waals surface area contributed by atoms with E-state index in [-0.39, 0.29) is 21.9 Å². The normalized spacial score (nSPS) is 12.9. The summed E-state index contributed by atoms with van der Waals surface area (Å²) in [4.78, 5) is 10.7. The molecule has 1 aromatic carbocycles. The lowest BCUT2D eigenvalue weighted by Crippen LogP contribution is -2.34. The molecule has 0 spiro atoms. The van der Waals surface area contributed by atoms with Gasteiger partial charge in [0.1, 0.15) is 0 Å². The first-order chi connectivity index (χ1) is 9.21. The van der Waals surface area contributed by atoms with Crippen LogP contribution in [0.3, 0.4) is 0 Å². The summed E-state index contributed by atoms with van der Waals surface area (Å²) >= 11 is 5.76. The molecule has 6 nitrogen and oxygen atoms in total. The second-order valence-electron chi connectivity index (χ2n) is 4.18. The van der Waals surface area contributed by atoms with Crippen LogP contribution >= 0.6 is 11.6 Å². The lowest BCUT2D eigenvalue weighted by Gasteiger charge is -2.22. The van der Waals surface area contributed by atoms with Gasteiger partial charge >= 0.3 is 5.97 Å². The first kappa shape index (κ1) is 16.4. The Bertz CT molecular complexity index is 667. The number of rotatable bonds is 5. The van der Waals surface area contributed by atoms with Crippen LogP contribution in [0.1, 0.15) is 23.7 Å². The number of hydrogen-bond acceptors (Lipinski definition) is 4. The van der Waals surface area contributed by atoms with Gasteiger partial charge < -0.3 is 5.11 Å². The summed E-state index contributed by atoms with van der Waals surface area (Å²) in [6.45, 7) is 1.61. The van der Waals surface area contributed by atoms with Crippen LogP contribution in [0, 0.1) is 11.3 Å². The number of carboxylic acid groups (broad SMARTS) is 1. The highest BCUT2D eigenvalue weighted by Gasteiger charge is 2.26. The van der Waals surface area contributed by atoms with E-state index in [0.717, 1.165) is 16.4 Å². The minimum atomic E-state index is -3.82. The van der Waals surface area contributed by atoms with E-state index in [1.807, 2.05) is 6.07 Å². The van der Waals surface area contributed by atoms with Crippen molar-refractivity contribution in [2.75, 3.05) is 7.05 Å². The van der Waals surface area contributed by atoms with Gasteiger partial charge in [0.25, 0.3) is 0 Å². The Labute approximate surface area is 122 Å². The third-order valence-electron chi connectivity index (χ3n) is 2.86. The molecule has 1 unspecified atom stereocenters. The number of nitrogens with zero attached hydrogens (tertiary/aromatic N) is 2. The Balaban J connectivity index is 3.20. The molecule has 1 aromatic rings. The number of aromatic carboxylic acids is 1. The van der Waals surface area contributed by atoms with E-state index < -0.39 is 22.0 Å². The van der Waals surface area contributed by atoms with Gasteiger partial charge in [-0.1, -0.05) is 11.6 Å². The van der Waals surface area contributed by atoms with Gasteiger partial charge in [-0.2, -0.15) is 9.57 Å². The van der Waals surface area contributed by atoms with Crippen molar-refractivity contribution in [1.82, 2.24) is 4.31 Å². The van der Waals surface area contributed by atoms with Crippen molar-refractivity contribution < 1.29 is 18.3 Å². The molecule has 0 fully saturated rings. The number of carboxylic acids is 1. The molecule has 0 aliphatic rings. The zero-order valence-corrected chi connectivity index (χ0v) is 12.4. The summed E-state index contributed by atoms with van der Waals surface area (Å²) in [5.41, 5.74) is -0.168. The summed E-state index contributed by atoms with van der Waals surface area (Å²) < 4.78 is 25.6. The first-order valence-corrected chi connectivity index (χ1v) is 7.41. The minimum absolute atomic E-state index is 0.0523. The van der Waals surface area contributed by atoms with Crippen molar-refractivity contribution >= 4 is 27.6 Å². The molecule has 0 aromatic heterocycles. The van der Waals surface area contributed by atoms with Gasteiger partial charge in [0.2, 0.25) is 10.0 Å². The fourth-order valence-electron chi connectivity index (χ4n) is 1.49. The summed E-state index contributed by atoms with van der Waals surface area (Å²) in [6.07, 6.45) is 0.0523. The molecule has 0 heterocycles. The Hall–Kier alpha value is -1.62. The summed E-state index contributed by atoms with van der Waals surface area (Å²) in [7, 11) is -2.46.